The molecule has 0 atom stereocenters. The first-order chi connectivity index (χ1) is 12.1. The van der Waals surface area contributed by atoms with Gasteiger partial charge in [-0.2, -0.15) is 4.98 Å². The number of para-hydroxylation sites is 1. The number of hydrogen-bond acceptors (Lipinski definition) is 4. The molecule has 3 aromatic rings. The van der Waals surface area contributed by atoms with Crippen molar-refractivity contribution in [2.75, 3.05) is 13.1 Å². The van der Waals surface area contributed by atoms with Crippen molar-refractivity contribution in [3.05, 3.63) is 53.6 Å². The normalized spacial score (nSPS) is 10.7. The number of benzene rings is 2. The molecule has 1 amide bonds. The average Bonchev–Trinajstić information content (AvgIpc) is 2.63. The molecule has 0 aliphatic carbocycles. The van der Waals surface area contributed by atoms with E-state index < -0.39 is 6.09 Å². The molecule has 0 saturated carbocycles. The smallest absolute Gasteiger partial charge is 0.390 e. The Morgan fingerprint density at radius 3 is 2.44 bits per heavy atom. The van der Waals surface area contributed by atoms with E-state index in [0.29, 0.717) is 40.4 Å². The van der Waals surface area contributed by atoms with Crippen LogP contribution < -0.4 is 4.74 Å². The van der Waals surface area contributed by atoms with Crippen LogP contribution >= 0.6 is 11.6 Å². The van der Waals surface area contributed by atoms with Crippen molar-refractivity contribution in [2.45, 2.75) is 13.8 Å². The highest BCUT2D eigenvalue weighted by Crippen LogP contribution is 2.30. The molecule has 128 valence electrons. The van der Waals surface area contributed by atoms with E-state index in [-0.39, 0.29) is 5.88 Å². The zero-order chi connectivity index (χ0) is 17.8. The molecule has 0 aliphatic rings. The van der Waals surface area contributed by atoms with Gasteiger partial charge in [-0.25, -0.2) is 9.78 Å². The van der Waals surface area contributed by atoms with Crippen LogP contribution in [0.1, 0.15) is 13.8 Å². The summed E-state index contributed by atoms with van der Waals surface area (Å²) < 4.78 is 5.57. The molecule has 0 unspecified atom stereocenters. The molecule has 0 radical (unpaired) electrons. The fourth-order valence-corrected chi connectivity index (χ4v) is 2.74. The van der Waals surface area contributed by atoms with E-state index >= 15 is 0 Å². The van der Waals surface area contributed by atoms with E-state index in [1.54, 1.807) is 11.0 Å². The van der Waals surface area contributed by atoms with Gasteiger partial charge in [0.1, 0.15) is 0 Å². The van der Waals surface area contributed by atoms with E-state index in [9.17, 15) is 4.79 Å². The van der Waals surface area contributed by atoms with Gasteiger partial charge >= 0.3 is 6.09 Å². The third-order valence-electron chi connectivity index (χ3n) is 3.89. The van der Waals surface area contributed by atoms with Crippen molar-refractivity contribution in [1.82, 2.24) is 14.9 Å². The van der Waals surface area contributed by atoms with Crippen molar-refractivity contribution in [3.63, 3.8) is 0 Å². The second-order valence-electron chi connectivity index (χ2n) is 5.39. The highest BCUT2D eigenvalue weighted by molar-refractivity contribution is 6.33. The summed E-state index contributed by atoms with van der Waals surface area (Å²) in [6.07, 6.45) is -0.432. The minimum atomic E-state index is -0.432. The Kier molecular flexibility index (Phi) is 5.14. The number of nitrogens with zero attached hydrogens (tertiary/aromatic N) is 3. The van der Waals surface area contributed by atoms with Gasteiger partial charge < -0.3 is 9.64 Å². The molecule has 0 saturated heterocycles. The van der Waals surface area contributed by atoms with Crippen molar-refractivity contribution < 1.29 is 9.53 Å². The van der Waals surface area contributed by atoms with Gasteiger partial charge in [0.2, 0.25) is 5.88 Å². The van der Waals surface area contributed by atoms with Crippen LogP contribution in [0.2, 0.25) is 5.02 Å². The number of carbonyl (C=O) groups is 1. The lowest BCUT2D eigenvalue weighted by atomic mass is 10.2. The second kappa shape index (κ2) is 7.49. The van der Waals surface area contributed by atoms with Crippen molar-refractivity contribution >= 4 is 28.6 Å². The van der Waals surface area contributed by atoms with Gasteiger partial charge in [0.05, 0.1) is 15.9 Å². The summed E-state index contributed by atoms with van der Waals surface area (Å²) in [6.45, 7) is 4.93. The van der Waals surface area contributed by atoms with E-state index in [2.05, 4.69) is 9.97 Å². The predicted molar refractivity (Wildman–Crippen MR) is 98.9 cm³/mol. The Balaban J connectivity index is 2.10. The Labute approximate surface area is 151 Å². The van der Waals surface area contributed by atoms with Crippen LogP contribution in [0.3, 0.4) is 0 Å². The quantitative estimate of drug-likeness (QED) is 0.675. The summed E-state index contributed by atoms with van der Waals surface area (Å²) in [7, 11) is 0. The maximum Gasteiger partial charge on any atom is 0.416 e. The monoisotopic (exact) mass is 355 g/mol. The molecule has 1 heterocycles. The summed E-state index contributed by atoms with van der Waals surface area (Å²) in [5.41, 5.74) is 1.38. The van der Waals surface area contributed by atoms with Gasteiger partial charge in [-0.05, 0) is 38.1 Å². The van der Waals surface area contributed by atoms with Crippen LogP contribution in [0.25, 0.3) is 22.3 Å². The molecule has 3 rings (SSSR count). The lowest BCUT2D eigenvalue weighted by molar-refractivity contribution is 0.156. The van der Waals surface area contributed by atoms with Crippen LogP contribution in [0, 0.1) is 0 Å². The second-order valence-corrected chi connectivity index (χ2v) is 5.80. The van der Waals surface area contributed by atoms with Crippen LogP contribution in [0.15, 0.2) is 48.5 Å². The van der Waals surface area contributed by atoms with Gasteiger partial charge in [0.15, 0.2) is 5.82 Å². The van der Waals surface area contributed by atoms with Crippen molar-refractivity contribution in [1.29, 1.82) is 0 Å². The number of fused-ring (bicyclic) bond motifs is 1. The van der Waals surface area contributed by atoms with E-state index in [4.69, 9.17) is 16.3 Å². The number of aromatic nitrogens is 2. The lowest BCUT2D eigenvalue weighted by Crippen LogP contribution is -2.33. The zero-order valence-electron chi connectivity index (χ0n) is 14.1. The maximum atomic E-state index is 12.4. The van der Waals surface area contributed by atoms with Crippen LogP contribution in [0.4, 0.5) is 4.79 Å². The molecule has 1 aromatic heterocycles. The predicted octanol–water partition coefficient (Wildman–Crippen LogP) is 4.79. The summed E-state index contributed by atoms with van der Waals surface area (Å²) in [4.78, 5) is 23.0. The van der Waals surface area contributed by atoms with Crippen LogP contribution in [-0.4, -0.2) is 34.1 Å². The molecule has 0 fully saturated rings. The molecule has 2 aromatic carbocycles. The number of ether oxygens (including phenoxy) is 1. The third-order valence-corrected chi connectivity index (χ3v) is 4.22. The van der Waals surface area contributed by atoms with Gasteiger partial charge in [-0.1, -0.05) is 35.9 Å². The summed E-state index contributed by atoms with van der Waals surface area (Å²) in [5.74, 6) is 0.657. The van der Waals surface area contributed by atoms with E-state index in [1.807, 2.05) is 56.3 Å². The molecule has 0 N–H and O–H groups in total. The Bertz CT molecular complexity index is 910. The van der Waals surface area contributed by atoms with Gasteiger partial charge in [0, 0.05) is 18.7 Å². The number of rotatable bonds is 4. The van der Waals surface area contributed by atoms with Crippen molar-refractivity contribution in [2.24, 2.45) is 0 Å². The average molecular weight is 356 g/mol. The fourth-order valence-electron chi connectivity index (χ4n) is 2.52. The van der Waals surface area contributed by atoms with E-state index in [1.165, 1.54) is 0 Å². The van der Waals surface area contributed by atoms with Gasteiger partial charge in [-0.15, -0.1) is 0 Å². The minimum absolute atomic E-state index is 0.234. The van der Waals surface area contributed by atoms with Gasteiger partial charge in [-0.3, -0.25) is 0 Å². The zero-order valence-corrected chi connectivity index (χ0v) is 14.8. The minimum Gasteiger partial charge on any atom is -0.390 e. The Hall–Kier alpha value is -2.66. The van der Waals surface area contributed by atoms with E-state index in [0.717, 1.165) is 0 Å². The molecule has 5 nitrogen and oxygen atoms in total. The standard InChI is InChI=1S/C19H18ClN3O2/c1-3-23(4-2)19(24)25-18-14-10-6-8-12-16(14)21-17(22-18)13-9-5-7-11-15(13)20/h5-12H,3-4H2,1-2H3. The molecule has 6 heteroatoms. The number of halogens is 1. The maximum absolute atomic E-state index is 12.4. The summed E-state index contributed by atoms with van der Waals surface area (Å²) >= 11 is 6.27. The fraction of sp³-hybridized carbons (Fsp3) is 0.211. The number of carbonyl (C=O) groups excluding carboxylic acids is 1. The Morgan fingerprint density at radius 1 is 1.04 bits per heavy atom. The first-order valence-corrected chi connectivity index (χ1v) is 8.50. The summed E-state index contributed by atoms with van der Waals surface area (Å²) in [5, 5.41) is 1.22. The SMILES string of the molecule is CCN(CC)C(=O)Oc1nc(-c2ccccc2Cl)nc2ccccc12. The molecule has 0 spiro atoms. The van der Waals surface area contributed by atoms with Crippen LogP contribution in [0.5, 0.6) is 5.88 Å². The molecular formula is C19H18ClN3O2. The van der Waals surface area contributed by atoms with Crippen molar-refractivity contribution in [3.8, 4) is 17.3 Å². The number of hydrogen-bond donors (Lipinski definition) is 0. The summed E-state index contributed by atoms with van der Waals surface area (Å²) in [6, 6.07) is 14.7. The molecule has 25 heavy (non-hydrogen) atoms. The van der Waals surface area contributed by atoms with Crippen LogP contribution in [-0.2, 0) is 0 Å². The lowest BCUT2D eigenvalue weighted by Gasteiger charge is -2.18. The molecular weight excluding hydrogens is 338 g/mol. The topological polar surface area (TPSA) is 55.3 Å². The Morgan fingerprint density at radius 2 is 1.72 bits per heavy atom. The largest absolute Gasteiger partial charge is 0.416 e. The highest BCUT2D eigenvalue weighted by atomic mass is 35.5. The number of amides is 1. The highest BCUT2D eigenvalue weighted by Gasteiger charge is 2.17. The molecule has 0 bridgehead atoms. The van der Waals surface area contributed by atoms with Gasteiger partial charge in [0.25, 0.3) is 0 Å². The molecule has 0 aliphatic heterocycles. The third kappa shape index (κ3) is 3.56. The first-order valence-electron chi connectivity index (χ1n) is 8.12. The first kappa shape index (κ1) is 17.2.